The highest BCUT2D eigenvalue weighted by molar-refractivity contribution is 7.93. The molecule has 0 spiro atoms. The number of anilines is 1. The van der Waals surface area contributed by atoms with Crippen LogP contribution in [0, 0.1) is 12.7 Å². The zero-order valence-corrected chi connectivity index (χ0v) is 14.5. The van der Waals surface area contributed by atoms with Crippen molar-refractivity contribution < 1.29 is 22.7 Å². The van der Waals surface area contributed by atoms with Crippen molar-refractivity contribution >= 4 is 33.3 Å². The summed E-state index contributed by atoms with van der Waals surface area (Å²) in [6, 6.07) is 7.39. The molecule has 0 amide bonds. The summed E-state index contributed by atoms with van der Waals surface area (Å²) in [4.78, 5) is 11.2. The molecule has 0 saturated heterocycles. The lowest BCUT2D eigenvalue weighted by molar-refractivity contribution is -0.137. The van der Waals surface area contributed by atoms with Gasteiger partial charge in [-0.15, -0.1) is 0 Å². The van der Waals surface area contributed by atoms with Crippen LogP contribution >= 0.6 is 11.6 Å². The fourth-order valence-electron chi connectivity index (χ4n) is 2.20. The molecule has 0 aliphatic heterocycles. The van der Waals surface area contributed by atoms with E-state index in [9.17, 15) is 22.7 Å². The lowest BCUT2D eigenvalue weighted by Gasteiger charge is -2.29. The highest BCUT2D eigenvalue weighted by Crippen LogP contribution is 2.32. The van der Waals surface area contributed by atoms with Gasteiger partial charge >= 0.3 is 5.97 Å². The van der Waals surface area contributed by atoms with Gasteiger partial charge < -0.3 is 5.11 Å². The zero-order chi connectivity index (χ0) is 18.1. The normalized spacial score (nSPS) is 12.7. The van der Waals surface area contributed by atoms with Gasteiger partial charge in [0.25, 0.3) is 10.0 Å². The van der Waals surface area contributed by atoms with Crippen LogP contribution in [0.15, 0.2) is 47.4 Å². The van der Waals surface area contributed by atoms with Crippen molar-refractivity contribution in [3.8, 4) is 0 Å². The van der Waals surface area contributed by atoms with Crippen molar-refractivity contribution in [2.24, 2.45) is 0 Å². The first kappa shape index (κ1) is 18.2. The molecule has 2 aromatic rings. The summed E-state index contributed by atoms with van der Waals surface area (Å²) in [5, 5.41) is 9.64. The van der Waals surface area contributed by atoms with Crippen molar-refractivity contribution in [3.05, 3.63) is 58.9 Å². The summed E-state index contributed by atoms with van der Waals surface area (Å²) in [6.07, 6.45) is 0. The van der Waals surface area contributed by atoms with Crippen LogP contribution in [0.3, 0.4) is 0 Å². The third-order valence-electron chi connectivity index (χ3n) is 3.56. The standard InChI is InChI=1S/C16H15ClFNO4S/c1-10-14(17)4-3-5-15(10)19(11(2)16(20)21)24(22,23)13-8-6-12(18)7-9-13/h3-9,11H,1-2H3,(H,20,21). The molecule has 0 aliphatic carbocycles. The number of hydrogen-bond acceptors (Lipinski definition) is 3. The number of carboxylic acids is 1. The number of rotatable bonds is 5. The fraction of sp³-hybridized carbons (Fsp3) is 0.188. The van der Waals surface area contributed by atoms with Gasteiger partial charge in [0.1, 0.15) is 11.9 Å². The summed E-state index contributed by atoms with van der Waals surface area (Å²) in [6.45, 7) is 2.85. The first-order chi connectivity index (χ1) is 11.2. The number of carbonyl (C=O) groups is 1. The Bertz CT molecular complexity index is 868. The fourth-order valence-corrected chi connectivity index (χ4v) is 4.04. The lowest BCUT2D eigenvalue weighted by Crippen LogP contribution is -2.43. The third kappa shape index (κ3) is 3.37. The monoisotopic (exact) mass is 371 g/mol. The van der Waals surface area contributed by atoms with Crippen LogP contribution in [0.5, 0.6) is 0 Å². The molecule has 8 heteroatoms. The molecule has 0 radical (unpaired) electrons. The summed E-state index contributed by atoms with van der Waals surface area (Å²) in [5.74, 6) is -1.91. The van der Waals surface area contributed by atoms with Crippen LogP contribution in [0.4, 0.5) is 10.1 Å². The van der Waals surface area contributed by atoms with Gasteiger partial charge in [-0.3, -0.25) is 4.31 Å². The maximum atomic E-state index is 13.1. The predicted octanol–water partition coefficient (Wildman–Crippen LogP) is 3.46. The number of benzene rings is 2. The van der Waals surface area contributed by atoms with E-state index in [2.05, 4.69) is 0 Å². The van der Waals surface area contributed by atoms with E-state index in [0.717, 1.165) is 28.6 Å². The molecular formula is C16H15ClFNO4S. The van der Waals surface area contributed by atoms with Crippen molar-refractivity contribution in [2.75, 3.05) is 4.31 Å². The first-order valence-electron chi connectivity index (χ1n) is 6.94. The predicted molar refractivity (Wildman–Crippen MR) is 89.4 cm³/mol. The Morgan fingerprint density at radius 3 is 2.33 bits per heavy atom. The molecule has 24 heavy (non-hydrogen) atoms. The smallest absolute Gasteiger partial charge is 0.327 e. The number of aliphatic carboxylic acids is 1. The van der Waals surface area contributed by atoms with Gasteiger partial charge in [0.05, 0.1) is 10.6 Å². The Balaban J connectivity index is 2.69. The molecule has 0 aliphatic rings. The zero-order valence-electron chi connectivity index (χ0n) is 12.9. The quantitative estimate of drug-likeness (QED) is 0.873. The van der Waals surface area contributed by atoms with Gasteiger partial charge in [0.2, 0.25) is 0 Å². The molecule has 0 fully saturated rings. The second kappa shape index (κ2) is 6.78. The molecule has 1 N–H and O–H groups in total. The topological polar surface area (TPSA) is 74.7 Å². The van der Waals surface area contributed by atoms with E-state index in [1.807, 2.05) is 0 Å². The molecule has 1 atom stereocenters. The molecule has 128 valence electrons. The Labute approximate surface area is 144 Å². The number of sulfonamides is 1. The molecule has 2 rings (SSSR count). The van der Waals surface area contributed by atoms with E-state index in [1.54, 1.807) is 13.0 Å². The van der Waals surface area contributed by atoms with Crippen LogP contribution in [0.25, 0.3) is 0 Å². The summed E-state index contributed by atoms with van der Waals surface area (Å²) >= 11 is 6.04. The summed E-state index contributed by atoms with van der Waals surface area (Å²) < 4.78 is 39.8. The van der Waals surface area contributed by atoms with Crippen LogP contribution in [0.1, 0.15) is 12.5 Å². The molecule has 1 unspecified atom stereocenters. The second-order valence-electron chi connectivity index (χ2n) is 5.15. The SMILES string of the molecule is Cc1c(Cl)cccc1N(C(C)C(=O)O)S(=O)(=O)c1ccc(F)cc1. The molecule has 0 bridgehead atoms. The van der Waals surface area contributed by atoms with E-state index in [1.165, 1.54) is 19.1 Å². The number of carboxylic acid groups (broad SMARTS) is 1. The lowest BCUT2D eigenvalue weighted by atomic mass is 10.2. The van der Waals surface area contributed by atoms with Crippen LogP contribution in [-0.4, -0.2) is 25.5 Å². The Morgan fingerprint density at radius 2 is 1.79 bits per heavy atom. The van der Waals surface area contributed by atoms with Gasteiger partial charge in [-0.1, -0.05) is 17.7 Å². The minimum atomic E-state index is -4.23. The van der Waals surface area contributed by atoms with Crippen molar-refractivity contribution in [1.29, 1.82) is 0 Å². The van der Waals surface area contributed by atoms with E-state index in [4.69, 9.17) is 11.6 Å². The molecular weight excluding hydrogens is 357 g/mol. The largest absolute Gasteiger partial charge is 0.480 e. The Hall–Kier alpha value is -2.12. The average Bonchev–Trinajstić information content (AvgIpc) is 2.51. The second-order valence-corrected chi connectivity index (χ2v) is 7.38. The summed E-state index contributed by atoms with van der Waals surface area (Å²) in [7, 11) is -4.23. The van der Waals surface area contributed by atoms with E-state index in [0.29, 0.717) is 10.6 Å². The summed E-state index contributed by atoms with van der Waals surface area (Å²) in [5.41, 5.74) is 0.583. The van der Waals surface area contributed by atoms with Crippen LogP contribution < -0.4 is 4.31 Å². The van der Waals surface area contributed by atoms with Crippen LogP contribution in [-0.2, 0) is 14.8 Å². The minimum absolute atomic E-state index is 0.154. The molecule has 0 heterocycles. The van der Waals surface area contributed by atoms with E-state index in [-0.39, 0.29) is 10.6 Å². The van der Waals surface area contributed by atoms with Gasteiger partial charge in [-0.2, -0.15) is 0 Å². The van der Waals surface area contributed by atoms with Crippen molar-refractivity contribution in [2.45, 2.75) is 24.8 Å². The number of hydrogen-bond donors (Lipinski definition) is 1. The van der Waals surface area contributed by atoms with Gasteiger partial charge in [-0.05, 0) is 55.8 Å². The minimum Gasteiger partial charge on any atom is -0.480 e. The third-order valence-corrected chi connectivity index (χ3v) is 5.86. The number of nitrogens with zero attached hydrogens (tertiary/aromatic N) is 1. The molecule has 5 nitrogen and oxygen atoms in total. The van der Waals surface area contributed by atoms with Gasteiger partial charge in [0.15, 0.2) is 0 Å². The van der Waals surface area contributed by atoms with E-state index < -0.39 is 27.9 Å². The van der Waals surface area contributed by atoms with Gasteiger partial charge in [-0.25, -0.2) is 17.6 Å². The maximum Gasteiger partial charge on any atom is 0.327 e. The van der Waals surface area contributed by atoms with Crippen LogP contribution in [0.2, 0.25) is 5.02 Å². The Morgan fingerprint density at radius 1 is 1.21 bits per heavy atom. The molecule has 2 aromatic carbocycles. The van der Waals surface area contributed by atoms with Crippen molar-refractivity contribution in [1.82, 2.24) is 0 Å². The maximum absolute atomic E-state index is 13.1. The highest BCUT2D eigenvalue weighted by atomic mass is 35.5. The van der Waals surface area contributed by atoms with Gasteiger partial charge in [0, 0.05) is 5.02 Å². The molecule has 0 saturated carbocycles. The Kier molecular flexibility index (Phi) is 5.15. The van der Waals surface area contributed by atoms with Crippen molar-refractivity contribution in [3.63, 3.8) is 0 Å². The van der Waals surface area contributed by atoms with E-state index >= 15 is 0 Å². The first-order valence-corrected chi connectivity index (χ1v) is 8.76. The highest BCUT2D eigenvalue weighted by Gasteiger charge is 2.34. The molecule has 0 aromatic heterocycles. The average molecular weight is 372 g/mol. The number of halogens is 2.